The molecule has 1 aromatic rings. The number of nitrogens with two attached hydrogens (primary N) is 2. The quantitative estimate of drug-likeness (QED) is 0.719. The number of hydrogen-bond donors (Lipinski definition) is 3. The lowest BCUT2D eigenvalue weighted by Crippen LogP contribution is -2.40. The van der Waals surface area contributed by atoms with Crippen LogP contribution in [0.4, 0.5) is 0 Å². The molecule has 7 heteroatoms. The van der Waals surface area contributed by atoms with Crippen molar-refractivity contribution in [2.75, 3.05) is 13.2 Å². The molecule has 22 heavy (non-hydrogen) atoms. The summed E-state index contributed by atoms with van der Waals surface area (Å²) in [4.78, 5) is 23.2. The Bertz CT molecular complexity index is 525. The van der Waals surface area contributed by atoms with Gasteiger partial charge in [-0.15, -0.1) is 12.4 Å². The SMILES string of the molecule is Cl.NCC1CCCC1NC(=O)c1ccccc1OCC(N)=O. The first kappa shape index (κ1) is 18.3. The lowest BCUT2D eigenvalue weighted by Gasteiger charge is -2.20. The lowest BCUT2D eigenvalue weighted by atomic mass is 10.0. The maximum atomic E-state index is 12.4. The standard InChI is InChI=1S/C15H21N3O3.ClH/c16-8-10-4-3-6-12(10)18-15(20)11-5-1-2-7-13(11)21-9-14(17)19;/h1-2,5,7,10,12H,3-4,6,8-9,16H2,(H2,17,19)(H,18,20);1H. The van der Waals surface area contributed by atoms with Crippen LogP contribution in [0.1, 0.15) is 29.6 Å². The number of hydrogen-bond acceptors (Lipinski definition) is 4. The van der Waals surface area contributed by atoms with Gasteiger partial charge < -0.3 is 21.5 Å². The molecule has 0 bridgehead atoms. The summed E-state index contributed by atoms with van der Waals surface area (Å²) in [5.41, 5.74) is 11.2. The second kappa shape index (κ2) is 8.60. The van der Waals surface area contributed by atoms with Crippen LogP contribution in [0.2, 0.25) is 0 Å². The van der Waals surface area contributed by atoms with Gasteiger partial charge in [-0.2, -0.15) is 0 Å². The van der Waals surface area contributed by atoms with Crippen molar-refractivity contribution in [2.45, 2.75) is 25.3 Å². The molecule has 1 aliphatic rings. The van der Waals surface area contributed by atoms with Crippen molar-refractivity contribution in [3.8, 4) is 5.75 Å². The fraction of sp³-hybridized carbons (Fsp3) is 0.467. The zero-order chi connectivity index (χ0) is 15.2. The van der Waals surface area contributed by atoms with E-state index in [0.29, 0.717) is 23.8 Å². The van der Waals surface area contributed by atoms with Gasteiger partial charge in [0.05, 0.1) is 5.56 Å². The third-order valence-electron chi connectivity index (χ3n) is 3.78. The van der Waals surface area contributed by atoms with Crippen molar-refractivity contribution in [1.29, 1.82) is 0 Å². The topological polar surface area (TPSA) is 107 Å². The van der Waals surface area contributed by atoms with E-state index >= 15 is 0 Å². The highest BCUT2D eigenvalue weighted by Crippen LogP contribution is 2.26. The summed E-state index contributed by atoms with van der Waals surface area (Å²) in [5, 5.41) is 3.01. The van der Waals surface area contributed by atoms with Gasteiger partial charge in [0, 0.05) is 6.04 Å². The number of halogens is 1. The molecule has 0 spiro atoms. The van der Waals surface area contributed by atoms with Crippen LogP contribution in [0.25, 0.3) is 0 Å². The van der Waals surface area contributed by atoms with Crippen LogP contribution < -0.4 is 21.5 Å². The number of rotatable bonds is 6. The first-order chi connectivity index (χ1) is 10.1. The van der Waals surface area contributed by atoms with Crippen LogP contribution >= 0.6 is 12.4 Å². The Labute approximate surface area is 136 Å². The van der Waals surface area contributed by atoms with Gasteiger partial charge in [-0.3, -0.25) is 9.59 Å². The number of carbonyl (C=O) groups excluding carboxylic acids is 2. The average Bonchev–Trinajstić information content (AvgIpc) is 2.92. The molecule has 5 N–H and O–H groups in total. The smallest absolute Gasteiger partial charge is 0.255 e. The molecule has 1 aromatic carbocycles. The Morgan fingerprint density at radius 1 is 1.27 bits per heavy atom. The Hall–Kier alpha value is -1.79. The molecular weight excluding hydrogens is 306 g/mol. The van der Waals surface area contributed by atoms with Crippen molar-refractivity contribution < 1.29 is 14.3 Å². The second-order valence-corrected chi connectivity index (χ2v) is 5.26. The predicted molar refractivity (Wildman–Crippen MR) is 86.0 cm³/mol. The largest absolute Gasteiger partial charge is 0.483 e. The highest BCUT2D eigenvalue weighted by atomic mass is 35.5. The molecule has 2 rings (SSSR count). The maximum absolute atomic E-state index is 12.4. The van der Waals surface area contributed by atoms with E-state index in [0.717, 1.165) is 19.3 Å². The molecule has 1 aliphatic carbocycles. The molecule has 0 radical (unpaired) electrons. The molecule has 2 amide bonds. The van der Waals surface area contributed by atoms with Gasteiger partial charge in [0.2, 0.25) is 0 Å². The Balaban J connectivity index is 0.00000242. The minimum atomic E-state index is -0.579. The van der Waals surface area contributed by atoms with Gasteiger partial charge in [-0.25, -0.2) is 0 Å². The summed E-state index contributed by atoms with van der Waals surface area (Å²) < 4.78 is 5.28. The van der Waals surface area contributed by atoms with E-state index in [4.69, 9.17) is 16.2 Å². The first-order valence-corrected chi connectivity index (χ1v) is 7.13. The van der Waals surface area contributed by atoms with Crippen LogP contribution in [0.15, 0.2) is 24.3 Å². The Kier molecular flexibility index (Phi) is 7.14. The van der Waals surface area contributed by atoms with Crippen molar-refractivity contribution >= 4 is 24.2 Å². The molecular formula is C15H22ClN3O3. The van der Waals surface area contributed by atoms with E-state index in [9.17, 15) is 9.59 Å². The number of carbonyl (C=O) groups is 2. The average molecular weight is 328 g/mol. The number of nitrogens with one attached hydrogen (secondary N) is 1. The van der Waals surface area contributed by atoms with Crippen molar-refractivity contribution in [3.63, 3.8) is 0 Å². The molecule has 6 nitrogen and oxygen atoms in total. The monoisotopic (exact) mass is 327 g/mol. The van der Waals surface area contributed by atoms with Gasteiger partial charge >= 0.3 is 0 Å². The van der Waals surface area contributed by atoms with Gasteiger partial charge in [0.15, 0.2) is 6.61 Å². The van der Waals surface area contributed by atoms with E-state index < -0.39 is 5.91 Å². The van der Waals surface area contributed by atoms with Crippen LogP contribution in [-0.4, -0.2) is 31.0 Å². The zero-order valence-corrected chi connectivity index (χ0v) is 13.1. The summed E-state index contributed by atoms with van der Waals surface area (Å²) in [6.45, 7) is 0.323. The van der Waals surface area contributed by atoms with Crippen molar-refractivity contribution in [1.82, 2.24) is 5.32 Å². The minimum Gasteiger partial charge on any atom is -0.483 e. The van der Waals surface area contributed by atoms with Crippen molar-refractivity contribution in [2.24, 2.45) is 17.4 Å². The maximum Gasteiger partial charge on any atom is 0.255 e. The van der Waals surface area contributed by atoms with Gasteiger partial charge in [-0.05, 0) is 37.4 Å². The molecule has 122 valence electrons. The summed E-state index contributed by atoms with van der Waals surface area (Å²) in [7, 11) is 0. The third kappa shape index (κ3) is 4.61. The molecule has 1 saturated carbocycles. The highest BCUT2D eigenvalue weighted by molar-refractivity contribution is 5.97. The Morgan fingerprint density at radius 3 is 2.68 bits per heavy atom. The van der Waals surface area contributed by atoms with Crippen LogP contribution in [0.5, 0.6) is 5.75 Å². The van der Waals surface area contributed by atoms with Crippen LogP contribution in [0.3, 0.4) is 0 Å². The summed E-state index contributed by atoms with van der Waals surface area (Å²) in [5.74, 6) is -0.103. The molecule has 2 atom stereocenters. The lowest BCUT2D eigenvalue weighted by molar-refractivity contribution is -0.119. The summed E-state index contributed by atoms with van der Waals surface area (Å²) in [6.07, 6.45) is 3.06. The summed E-state index contributed by atoms with van der Waals surface area (Å²) in [6, 6.07) is 6.91. The van der Waals surface area contributed by atoms with Gasteiger partial charge in [0.25, 0.3) is 11.8 Å². The van der Waals surface area contributed by atoms with E-state index in [1.165, 1.54) is 0 Å². The molecule has 1 fully saturated rings. The van der Waals surface area contributed by atoms with Gasteiger partial charge in [0.1, 0.15) is 5.75 Å². The van der Waals surface area contributed by atoms with E-state index in [1.54, 1.807) is 24.3 Å². The zero-order valence-electron chi connectivity index (χ0n) is 12.3. The fourth-order valence-electron chi connectivity index (χ4n) is 2.68. The van der Waals surface area contributed by atoms with E-state index in [1.807, 2.05) is 0 Å². The molecule has 0 aromatic heterocycles. The van der Waals surface area contributed by atoms with Crippen LogP contribution in [0, 0.1) is 5.92 Å². The second-order valence-electron chi connectivity index (χ2n) is 5.26. The van der Waals surface area contributed by atoms with E-state index in [-0.39, 0.29) is 31.0 Å². The van der Waals surface area contributed by atoms with E-state index in [2.05, 4.69) is 5.32 Å². The Morgan fingerprint density at radius 2 is 2.00 bits per heavy atom. The number of primary amides is 1. The highest BCUT2D eigenvalue weighted by Gasteiger charge is 2.28. The first-order valence-electron chi connectivity index (χ1n) is 7.13. The normalized spacial score (nSPS) is 20.0. The predicted octanol–water partition coefficient (Wildman–Crippen LogP) is 0.830. The third-order valence-corrected chi connectivity index (χ3v) is 3.78. The molecule has 0 saturated heterocycles. The van der Waals surface area contributed by atoms with Crippen molar-refractivity contribution in [3.05, 3.63) is 29.8 Å². The number of para-hydroxylation sites is 1. The van der Waals surface area contributed by atoms with Gasteiger partial charge in [-0.1, -0.05) is 18.6 Å². The number of benzene rings is 1. The van der Waals surface area contributed by atoms with Crippen LogP contribution in [-0.2, 0) is 4.79 Å². The summed E-state index contributed by atoms with van der Waals surface area (Å²) >= 11 is 0. The number of amides is 2. The molecule has 2 unspecified atom stereocenters. The fourth-order valence-corrected chi connectivity index (χ4v) is 2.68. The molecule has 0 heterocycles. The number of ether oxygens (including phenoxy) is 1. The minimum absolute atomic E-state index is 0. The molecule has 0 aliphatic heterocycles.